The van der Waals surface area contributed by atoms with Crippen LogP contribution in [0.4, 0.5) is 5.69 Å². The van der Waals surface area contributed by atoms with Crippen molar-refractivity contribution in [2.24, 2.45) is 4.99 Å². The minimum atomic E-state index is 0.364. The van der Waals surface area contributed by atoms with Gasteiger partial charge in [-0.1, -0.05) is 31.0 Å². The summed E-state index contributed by atoms with van der Waals surface area (Å²) in [5.74, 6) is 0.815. The zero-order valence-electron chi connectivity index (χ0n) is 16.5. The van der Waals surface area contributed by atoms with Gasteiger partial charge in [-0.2, -0.15) is 0 Å². The number of nitrogens with zero attached hydrogens (tertiary/aromatic N) is 2. The molecule has 0 saturated carbocycles. The van der Waals surface area contributed by atoms with Crippen LogP contribution in [0.5, 0.6) is 0 Å². The molecule has 1 aromatic carbocycles. The quantitative estimate of drug-likeness (QED) is 0.342. The van der Waals surface area contributed by atoms with Crippen LogP contribution >= 0.6 is 11.6 Å². The normalized spacial score (nSPS) is 17.4. The molecular weight excluding hydrogens is 364 g/mol. The number of anilines is 1. The van der Waals surface area contributed by atoms with Crippen molar-refractivity contribution in [3.63, 3.8) is 0 Å². The molecule has 7 heteroatoms. The van der Waals surface area contributed by atoms with Gasteiger partial charge in [0.05, 0.1) is 19.8 Å². The molecular formula is C20H33ClN4O2. The number of nitrogens with one attached hydrogen (secondary N) is 2. The predicted molar refractivity (Wildman–Crippen MR) is 113 cm³/mol. The van der Waals surface area contributed by atoms with Gasteiger partial charge in [0, 0.05) is 50.0 Å². The van der Waals surface area contributed by atoms with E-state index in [1.807, 2.05) is 18.2 Å². The lowest BCUT2D eigenvalue weighted by molar-refractivity contribution is 0.0487. The first-order chi connectivity index (χ1) is 13.2. The maximum Gasteiger partial charge on any atom is 0.191 e. The van der Waals surface area contributed by atoms with E-state index in [9.17, 15) is 0 Å². The SMILES string of the molecule is CCCCOCCOCCNC(=NC)NC1CCN(c2cccc(Cl)c2)C1. The Labute approximate surface area is 168 Å². The van der Waals surface area contributed by atoms with Crippen molar-refractivity contribution < 1.29 is 9.47 Å². The smallest absolute Gasteiger partial charge is 0.191 e. The Hall–Kier alpha value is -1.50. The minimum absolute atomic E-state index is 0.364. The van der Waals surface area contributed by atoms with E-state index in [-0.39, 0.29) is 0 Å². The molecule has 1 atom stereocenters. The first kappa shape index (κ1) is 21.8. The number of rotatable bonds is 11. The molecule has 1 unspecified atom stereocenters. The Morgan fingerprint density at radius 1 is 1.26 bits per heavy atom. The minimum Gasteiger partial charge on any atom is -0.379 e. The lowest BCUT2D eigenvalue weighted by Crippen LogP contribution is -2.45. The van der Waals surface area contributed by atoms with E-state index in [1.54, 1.807) is 7.05 Å². The van der Waals surface area contributed by atoms with Crippen LogP contribution in [-0.4, -0.2) is 65.1 Å². The summed E-state index contributed by atoms with van der Waals surface area (Å²) in [6.07, 6.45) is 3.34. The zero-order chi connectivity index (χ0) is 19.3. The zero-order valence-corrected chi connectivity index (χ0v) is 17.3. The molecule has 1 fully saturated rings. The van der Waals surface area contributed by atoms with E-state index in [0.29, 0.717) is 25.9 Å². The Morgan fingerprint density at radius 2 is 2.07 bits per heavy atom. The molecule has 2 N–H and O–H groups in total. The second kappa shape index (κ2) is 12.8. The van der Waals surface area contributed by atoms with Gasteiger partial charge in [0.1, 0.15) is 0 Å². The number of hydrogen-bond donors (Lipinski definition) is 2. The second-order valence-corrected chi connectivity index (χ2v) is 7.07. The number of hydrogen-bond acceptors (Lipinski definition) is 4. The molecule has 1 aliphatic heterocycles. The van der Waals surface area contributed by atoms with Crippen molar-refractivity contribution in [3.05, 3.63) is 29.3 Å². The van der Waals surface area contributed by atoms with Crippen molar-refractivity contribution >= 4 is 23.2 Å². The van der Waals surface area contributed by atoms with E-state index < -0.39 is 0 Å². The highest BCUT2D eigenvalue weighted by Crippen LogP contribution is 2.23. The third-order valence-corrected chi connectivity index (χ3v) is 4.71. The maximum absolute atomic E-state index is 6.10. The summed E-state index contributed by atoms with van der Waals surface area (Å²) >= 11 is 6.10. The number of aliphatic imine (C=N–C) groups is 1. The maximum atomic E-state index is 6.10. The lowest BCUT2D eigenvalue weighted by Gasteiger charge is -2.20. The second-order valence-electron chi connectivity index (χ2n) is 6.63. The van der Waals surface area contributed by atoms with Crippen molar-refractivity contribution in [2.75, 3.05) is 58.0 Å². The van der Waals surface area contributed by atoms with Crippen LogP contribution in [-0.2, 0) is 9.47 Å². The number of halogens is 1. The Balaban J connectivity index is 1.59. The molecule has 6 nitrogen and oxygen atoms in total. The molecule has 0 radical (unpaired) electrons. The number of ether oxygens (including phenoxy) is 2. The van der Waals surface area contributed by atoms with Gasteiger partial charge < -0.3 is 25.0 Å². The van der Waals surface area contributed by atoms with Crippen molar-refractivity contribution in [3.8, 4) is 0 Å². The van der Waals surface area contributed by atoms with Gasteiger partial charge in [-0.25, -0.2) is 0 Å². The molecule has 0 aliphatic carbocycles. The molecule has 0 spiro atoms. The monoisotopic (exact) mass is 396 g/mol. The number of benzene rings is 1. The van der Waals surface area contributed by atoms with Crippen molar-refractivity contribution in [1.82, 2.24) is 10.6 Å². The van der Waals surface area contributed by atoms with Gasteiger partial charge in [-0.15, -0.1) is 0 Å². The standard InChI is InChI=1S/C20H33ClN4O2/c1-3-4-11-26-13-14-27-12-9-23-20(22-2)24-18-8-10-25(16-18)19-7-5-6-17(21)15-19/h5-7,15,18H,3-4,8-14,16H2,1-2H3,(H2,22,23,24). The van der Waals surface area contributed by atoms with Crippen LogP contribution in [0.3, 0.4) is 0 Å². The summed E-state index contributed by atoms with van der Waals surface area (Å²) in [5, 5.41) is 7.57. The topological polar surface area (TPSA) is 58.1 Å². The molecule has 27 heavy (non-hydrogen) atoms. The van der Waals surface area contributed by atoms with Gasteiger partial charge in [-0.3, -0.25) is 4.99 Å². The average Bonchev–Trinajstić information content (AvgIpc) is 3.14. The van der Waals surface area contributed by atoms with Gasteiger partial charge in [0.2, 0.25) is 0 Å². The summed E-state index contributed by atoms with van der Waals surface area (Å²) in [6.45, 7) is 7.58. The van der Waals surface area contributed by atoms with E-state index in [2.05, 4.69) is 33.5 Å². The molecule has 1 aliphatic rings. The summed E-state index contributed by atoms with van der Waals surface area (Å²) in [7, 11) is 1.79. The molecule has 1 aromatic rings. The van der Waals surface area contributed by atoms with Crippen molar-refractivity contribution in [2.45, 2.75) is 32.2 Å². The fourth-order valence-corrected chi connectivity index (χ4v) is 3.17. The summed E-state index contributed by atoms with van der Waals surface area (Å²) in [5.41, 5.74) is 1.17. The van der Waals surface area contributed by atoms with Crippen LogP contribution in [0.1, 0.15) is 26.2 Å². The molecule has 0 aromatic heterocycles. The summed E-state index contributed by atoms with van der Waals surface area (Å²) in [4.78, 5) is 6.65. The van der Waals surface area contributed by atoms with Gasteiger partial charge in [0.15, 0.2) is 5.96 Å². The van der Waals surface area contributed by atoms with E-state index in [1.165, 1.54) is 5.69 Å². The van der Waals surface area contributed by atoms with Gasteiger partial charge in [0.25, 0.3) is 0 Å². The molecule has 1 heterocycles. The fourth-order valence-electron chi connectivity index (χ4n) is 2.98. The molecule has 0 amide bonds. The highest BCUT2D eigenvalue weighted by Gasteiger charge is 2.23. The lowest BCUT2D eigenvalue weighted by atomic mass is 10.3. The van der Waals surface area contributed by atoms with Gasteiger partial charge >= 0.3 is 0 Å². The first-order valence-electron chi connectivity index (χ1n) is 9.86. The van der Waals surface area contributed by atoms with Crippen LogP contribution in [0.15, 0.2) is 29.3 Å². The van der Waals surface area contributed by atoms with E-state index in [4.69, 9.17) is 21.1 Å². The Kier molecular flexibility index (Phi) is 10.3. The molecule has 152 valence electrons. The highest BCUT2D eigenvalue weighted by molar-refractivity contribution is 6.30. The van der Waals surface area contributed by atoms with Crippen LogP contribution in [0.25, 0.3) is 0 Å². The summed E-state index contributed by atoms with van der Waals surface area (Å²) in [6, 6.07) is 8.38. The molecule has 1 saturated heterocycles. The third kappa shape index (κ3) is 8.37. The predicted octanol–water partition coefficient (Wildman–Crippen LogP) is 2.92. The highest BCUT2D eigenvalue weighted by atomic mass is 35.5. The number of unbranched alkanes of at least 4 members (excludes halogenated alkanes) is 1. The van der Waals surface area contributed by atoms with Crippen LogP contribution in [0.2, 0.25) is 5.02 Å². The average molecular weight is 397 g/mol. The van der Waals surface area contributed by atoms with Crippen LogP contribution < -0.4 is 15.5 Å². The van der Waals surface area contributed by atoms with E-state index >= 15 is 0 Å². The Morgan fingerprint density at radius 3 is 2.81 bits per heavy atom. The largest absolute Gasteiger partial charge is 0.379 e. The van der Waals surface area contributed by atoms with E-state index in [0.717, 1.165) is 56.5 Å². The molecule has 2 rings (SSSR count). The number of guanidine groups is 1. The van der Waals surface area contributed by atoms with Gasteiger partial charge in [-0.05, 0) is 31.0 Å². The first-order valence-corrected chi connectivity index (χ1v) is 10.2. The summed E-state index contributed by atoms with van der Waals surface area (Å²) < 4.78 is 11.0. The fraction of sp³-hybridized carbons (Fsp3) is 0.650. The van der Waals surface area contributed by atoms with Crippen LogP contribution in [0, 0.1) is 0 Å². The Bertz CT molecular complexity index is 571. The molecule has 0 bridgehead atoms. The third-order valence-electron chi connectivity index (χ3n) is 4.48. The van der Waals surface area contributed by atoms with Crippen molar-refractivity contribution in [1.29, 1.82) is 0 Å².